The van der Waals surface area contributed by atoms with Gasteiger partial charge in [-0.25, -0.2) is 8.78 Å². The quantitative estimate of drug-likeness (QED) is 0.565. The Morgan fingerprint density at radius 1 is 1.07 bits per heavy atom. The predicted molar refractivity (Wildman–Crippen MR) is 55.7 cm³/mol. The molecule has 0 heterocycles. The molecule has 1 aliphatic carbocycles. The third-order valence-corrected chi connectivity index (χ3v) is 3.30. The van der Waals surface area contributed by atoms with Crippen LogP contribution in [-0.2, 0) is 0 Å². The minimum absolute atomic E-state index is 0.130. The number of unbranched alkanes of at least 4 members (excludes halogenated alkanes) is 3. The summed E-state index contributed by atoms with van der Waals surface area (Å²) < 4.78 is 25.6. The maximum absolute atomic E-state index is 12.8. The summed E-state index contributed by atoms with van der Waals surface area (Å²) in [6, 6.07) is 0. The summed E-state index contributed by atoms with van der Waals surface area (Å²) in [4.78, 5) is 0. The summed E-state index contributed by atoms with van der Waals surface area (Å²) >= 11 is 0. The maximum Gasteiger partial charge on any atom is 0.248 e. The van der Waals surface area contributed by atoms with Crippen molar-refractivity contribution in [2.75, 3.05) is 0 Å². The summed E-state index contributed by atoms with van der Waals surface area (Å²) in [7, 11) is 0. The van der Waals surface area contributed by atoms with Crippen molar-refractivity contribution in [3.05, 3.63) is 0 Å². The molecule has 1 saturated carbocycles. The highest BCUT2D eigenvalue weighted by molar-refractivity contribution is 4.77. The Balaban J connectivity index is 2.04. The second-order valence-corrected chi connectivity index (χ2v) is 4.65. The van der Waals surface area contributed by atoms with E-state index >= 15 is 0 Å². The van der Waals surface area contributed by atoms with Crippen LogP contribution < -0.4 is 0 Å². The van der Waals surface area contributed by atoms with Crippen molar-refractivity contribution in [2.24, 2.45) is 5.92 Å². The molecule has 0 aromatic heterocycles. The van der Waals surface area contributed by atoms with Crippen LogP contribution in [0.25, 0.3) is 0 Å². The highest BCUT2D eigenvalue weighted by Crippen LogP contribution is 2.37. The first-order chi connectivity index (χ1) is 6.64. The van der Waals surface area contributed by atoms with Gasteiger partial charge in [-0.2, -0.15) is 0 Å². The maximum atomic E-state index is 12.8. The standard InChI is InChI=1S/C12H22F2/c1-2-3-4-5-6-11-7-9-12(13,14)10-8-11/h11H,2-10H2,1H3. The molecular weight excluding hydrogens is 182 g/mol. The topological polar surface area (TPSA) is 0 Å². The highest BCUT2D eigenvalue weighted by atomic mass is 19.3. The molecule has 1 rings (SSSR count). The van der Waals surface area contributed by atoms with Gasteiger partial charge in [-0.3, -0.25) is 0 Å². The molecule has 2 heteroatoms. The minimum Gasteiger partial charge on any atom is -0.207 e. The molecule has 0 saturated heterocycles. The third kappa shape index (κ3) is 4.39. The Bertz CT molecular complexity index is 144. The van der Waals surface area contributed by atoms with Gasteiger partial charge in [0.25, 0.3) is 0 Å². The van der Waals surface area contributed by atoms with Gasteiger partial charge in [0.1, 0.15) is 0 Å². The smallest absolute Gasteiger partial charge is 0.207 e. The minimum atomic E-state index is -2.35. The molecule has 0 amide bonds. The van der Waals surface area contributed by atoms with Crippen LogP contribution in [0.5, 0.6) is 0 Å². The molecule has 14 heavy (non-hydrogen) atoms. The molecule has 84 valence electrons. The van der Waals surface area contributed by atoms with Gasteiger partial charge in [0, 0.05) is 12.8 Å². The zero-order valence-corrected chi connectivity index (χ0v) is 9.20. The molecule has 0 bridgehead atoms. The van der Waals surface area contributed by atoms with E-state index in [9.17, 15) is 8.78 Å². The first-order valence-electron chi connectivity index (χ1n) is 6.02. The number of rotatable bonds is 5. The normalized spacial score (nSPS) is 22.5. The molecule has 1 fully saturated rings. The lowest BCUT2D eigenvalue weighted by Crippen LogP contribution is -2.24. The fourth-order valence-corrected chi connectivity index (χ4v) is 2.25. The number of hydrogen-bond acceptors (Lipinski definition) is 0. The summed E-state index contributed by atoms with van der Waals surface area (Å²) in [5, 5.41) is 0. The van der Waals surface area contributed by atoms with Crippen LogP contribution in [0.3, 0.4) is 0 Å². The number of hydrogen-bond donors (Lipinski definition) is 0. The largest absolute Gasteiger partial charge is 0.248 e. The average Bonchev–Trinajstić information content (AvgIpc) is 2.15. The second-order valence-electron chi connectivity index (χ2n) is 4.65. The predicted octanol–water partition coefficient (Wildman–Crippen LogP) is 4.78. The number of alkyl halides is 2. The Hall–Kier alpha value is -0.140. The van der Waals surface area contributed by atoms with Crippen LogP contribution in [-0.4, -0.2) is 5.92 Å². The van der Waals surface area contributed by atoms with E-state index in [2.05, 4.69) is 6.92 Å². The van der Waals surface area contributed by atoms with Gasteiger partial charge < -0.3 is 0 Å². The van der Waals surface area contributed by atoms with Gasteiger partial charge in [0.2, 0.25) is 5.92 Å². The van der Waals surface area contributed by atoms with Crippen molar-refractivity contribution in [3.8, 4) is 0 Å². The summed E-state index contributed by atoms with van der Waals surface area (Å²) in [5.74, 6) is -1.76. The third-order valence-electron chi connectivity index (χ3n) is 3.30. The zero-order chi connectivity index (χ0) is 10.4. The lowest BCUT2D eigenvalue weighted by atomic mass is 9.83. The van der Waals surface area contributed by atoms with Gasteiger partial charge in [-0.05, 0) is 18.8 Å². The molecule has 0 aromatic carbocycles. The van der Waals surface area contributed by atoms with E-state index in [0.717, 1.165) is 12.8 Å². The molecule has 0 nitrogen and oxygen atoms in total. The lowest BCUT2D eigenvalue weighted by Gasteiger charge is -2.28. The summed E-state index contributed by atoms with van der Waals surface area (Å²) in [5.41, 5.74) is 0. The first-order valence-corrected chi connectivity index (χ1v) is 6.02. The van der Waals surface area contributed by atoms with Crippen LogP contribution in [0, 0.1) is 5.92 Å². The van der Waals surface area contributed by atoms with Crippen LogP contribution >= 0.6 is 0 Å². The van der Waals surface area contributed by atoms with Crippen LogP contribution in [0.2, 0.25) is 0 Å². The number of halogens is 2. The van der Waals surface area contributed by atoms with Crippen LogP contribution in [0.4, 0.5) is 8.78 Å². The summed E-state index contributed by atoms with van der Waals surface area (Å²) in [6.07, 6.45) is 8.00. The van der Waals surface area contributed by atoms with Crippen molar-refractivity contribution in [2.45, 2.75) is 70.6 Å². The molecule has 0 aliphatic heterocycles. The summed E-state index contributed by atoms with van der Waals surface area (Å²) in [6.45, 7) is 2.20. The van der Waals surface area contributed by atoms with Crippen molar-refractivity contribution < 1.29 is 8.78 Å². The van der Waals surface area contributed by atoms with Crippen molar-refractivity contribution >= 4 is 0 Å². The van der Waals surface area contributed by atoms with Gasteiger partial charge in [0.05, 0.1) is 0 Å². The monoisotopic (exact) mass is 204 g/mol. The van der Waals surface area contributed by atoms with Gasteiger partial charge >= 0.3 is 0 Å². The molecule has 0 radical (unpaired) electrons. The fourth-order valence-electron chi connectivity index (χ4n) is 2.25. The van der Waals surface area contributed by atoms with E-state index in [1.165, 1.54) is 32.1 Å². The van der Waals surface area contributed by atoms with Crippen molar-refractivity contribution in [1.29, 1.82) is 0 Å². The average molecular weight is 204 g/mol. The van der Waals surface area contributed by atoms with E-state index < -0.39 is 5.92 Å². The van der Waals surface area contributed by atoms with Crippen LogP contribution in [0.1, 0.15) is 64.7 Å². The van der Waals surface area contributed by atoms with Gasteiger partial charge in [0.15, 0.2) is 0 Å². The Kier molecular flexibility index (Phi) is 4.83. The molecular formula is C12H22F2. The van der Waals surface area contributed by atoms with Gasteiger partial charge in [-0.1, -0.05) is 39.0 Å². The Labute approximate surface area is 86.1 Å². The Morgan fingerprint density at radius 2 is 1.71 bits per heavy atom. The van der Waals surface area contributed by atoms with E-state index in [0.29, 0.717) is 5.92 Å². The second kappa shape index (κ2) is 5.67. The van der Waals surface area contributed by atoms with E-state index in [-0.39, 0.29) is 12.8 Å². The molecule has 0 atom stereocenters. The first kappa shape index (κ1) is 11.9. The molecule has 1 aliphatic rings. The van der Waals surface area contributed by atoms with Gasteiger partial charge in [-0.15, -0.1) is 0 Å². The van der Waals surface area contributed by atoms with Crippen molar-refractivity contribution in [1.82, 2.24) is 0 Å². The van der Waals surface area contributed by atoms with Crippen molar-refractivity contribution in [3.63, 3.8) is 0 Å². The zero-order valence-electron chi connectivity index (χ0n) is 9.20. The Morgan fingerprint density at radius 3 is 2.29 bits per heavy atom. The fraction of sp³-hybridized carbons (Fsp3) is 1.00. The SMILES string of the molecule is CCCCCCC1CCC(F)(F)CC1. The molecule has 0 aromatic rings. The molecule has 0 N–H and O–H groups in total. The molecule has 0 spiro atoms. The van der Waals surface area contributed by atoms with E-state index in [1.54, 1.807) is 0 Å². The van der Waals surface area contributed by atoms with Crippen LogP contribution in [0.15, 0.2) is 0 Å². The molecule has 0 unspecified atom stereocenters. The van der Waals surface area contributed by atoms with E-state index in [1.807, 2.05) is 0 Å². The van der Waals surface area contributed by atoms with E-state index in [4.69, 9.17) is 0 Å². The lowest BCUT2D eigenvalue weighted by molar-refractivity contribution is -0.0466. The highest BCUT2D eigenvalue weighted by Gasteiger charge is 2.34.